The van der Waals surface area contributed by atoms with Crippen LogP contribution in [0.15, 0.2) is 48.5 Å². The van der Waals surface area contributed by atoms with E-state index in [2.05, 4.69) is 24.4 Å². The van der Waals surface area contributed by atoms with Gasteiger partial charge in [-0.3, -0.25) is 0 Å². The van der Waals surface area contributed by atoms with Crippen LogP contribution >= 0.6 is 0 Å². The zero-order valence-corrected chi connectivity index (χ0v) is 12.0. The Labute approximate surface area is 124 Å². The number of rotatable bonds is 5. The van der Waals surface area contributed by atoms with E-state index in [0.29, 0.717) is 12.3 Å². The van der Waals surface area contributed by atoms with E-state index in [4.69, 9.17) is 9.47 Å². The maximum Gasteiger partial charge on any atom is 0.231 e. The van der Waals surface area contributed by atoms with E-state index in [1.54, 1.807) is 0 Å². The quantitative estimate of drug-likeness (QED) is 0.887. The summed E-state index contributed by atoms with van der Waals surface area (Å²) in [6.07, 6.45) is -0.578. The number of fused-ring (bicyclic) bond motifs is 1. The predicted molar refractivity (Wildman–Crippen MR) is 80.4 cm³/mol. The number of benzene rings is 2. The monoisotopic (exact) mass is 285 g/mol. The lowest BCUT2D eigenvalue weighted by atomic mass is 10.1. The molecule has 2 atom stereocenters. The third-order valence-electron chi connectivity index (χ3n) is 3.70. The molecule has 2 aromatic carbocycles. The van der Waals surface area contributed by atoms with E-state index in [9.17, 15) is 5.11 Å². The molecule has 0 aliphatic carbocycles. The van der Waals surface area contributed by atoms with Crippen LogP contribution in [-0.4, -0.2) is 18.4 Å². The fourth-order valence-corrected chi connectivity index (χ4v) is 2.39. The zero-order valence-electron chi connectivity index (χ0n) is 12.0. The predicted octanol–water partition coefficient (Wildman–Crippen LogP) is 2.80. The zero-order chi connectivity index (χ0) is 14.7. The molecule has 2 N–H and O–H groups in total. The Balaban J connectivity index is 1.60. The summed E-state index contributed by atoms with van der Waals surface area (Å²) >= 11 is 0. The van der Waals surface area contributed by atoms with E-state index < -0.39 is 6.10 Å². The molecule has 4 nitrogen and oxygen atoms in total. The van der Waals surface area contributed by atoms with Crippen molar-refractivity contribution in [1.29, 1.82) is 0 Å². The van der Waals surface area contributed by atoms with Crippen molar-refractivity contribution in [3.63, 3.8) is 0 Å². The van der Waals surface area contributed by atoms with Crippen molar-refractivity contribution < 1.29 is 14.6 Å². The maximum absolute atomic E-state index is 10.3. The minimum atomic E-state index is -0.578. The number of aliphatic hydroxyl groups excluding tert-OH is 1. The second-order valence-electron chi connectivity index (χ2n) is 5.17. The summed E-state index contributed by atoms with van der Waals surface area (Å²) in [4.78, 5) is 0. The van der Waals surface area contributed by atoms with Crippen LogP contribution in [0.3, 0.4) is 0 Å². The van der Waals surface area contributed by atoms with Gasteiger partial charge in [0, 0.05) is 12.6 Å². The van der Waals surface area contributed by atoms with Crippen LogP contribution < -0.4 is 14.8 Å². The number of aliphatic hydroxyl groups is 1. The topological polar surface area (TPSA) is 50.7 Å². The van der Waals surface area contributed by atoms with Gasteiger partial charge < -0.3 is 19.9 Å². The van der Waals surface area contributed by atoms with E-state index >= 15 is 0 Å². The van der Waals surface area contributed by atoms with Crippen LogP contribution in [0.5, 0.6) is 11.5 Å². The van der Waals surface area contributed by atoms with Crippen molar-refractivity contribution >= 4 is 0 Å². The lowest BCUT2D eigenvalue weighted by Crippen LogP contribution is -2.24. The van der Waals surface area contributed by atoms with Gasteiger partial charge in [0.1, 0.15) is 0 Å². The summed E-state index contributed by atoms with van der Waals surface area (Å²) in [5, 5.41) is 13.6. The van der Waals surface area contributed by atoms with Crippen LogP contribution in [-0.2, 0) is 0 Å². The summed E-state index contributed by atoms with van der Waals surface area (Å²) < 4.78 is 10.6. The first-order chi connectivity index (χ1) is 10.2. The molecule has 2 aromatic rings. The standard InChI is InChI=1S/C17H19NO3/c1-12(13-5-3-2-4-6-13)18-10-15(19)14-7-8-16-17(9-14)21-11-20-16/h2-9,12,15,18-19H,10-11H2,1H3. The molecule has 110 valence electrons. The van der Waals surface area contributed by atoms with Gasteiger partial charge in [-0.2, -0.15) is 0 Å². The van der Waals surface area contributed by atoms with Gasteiger partial charge in [0.05, 0.1) is 6.10 Å². The molecule has 3 rings (SSSR count). The molecule has 1 heterocycles. The minimum Gasteiger partial charge on any atom is -0.454 e. The van der Waals surface area contributed by atoms with Crippen molar-refractivity contribution in [2.45, 2.75) is 19.1 Å². The Morgan fingerprint density at radius 3 is 2.62 bits per heavy atom. The molecular weight excluding hydrogens is 266 g/mol. The molecule has 0 spiro atoms. The molecule has 2 unspecified atom stereocenters. The molecular formula is C17H19NO3. The first-order valence-electron chi connectivity index (χ1n) is 7.10. The number of ether oxygens (including phenoxy) is 2. The lowest BCUT2D eigenvalue weighted by Gasteiger charge is -2.18. The van der Waals surface area contributed by atoms with Crippen molar-refractivity contribution in [1.82, 2.24) is 5.32 Å². The highest BCUT2D eigenvalue weighted by atomic mass is 16.7. The highest BCUT2D eigenvalue weighted by Gasteiger charge is 2.17. The Hall–Kier alpha value is -2.04. The molecule has 4 heteroatoms. The van der Waals surface area contributed by atoms with Crippen molar-refractivity contribution in [2.24, 2.45) is 0 Å². The fraction of sp³-hybridized carbons (Fsp3) is 0.294. The third-order valence-corrected chi connectivity index (χ3v) is 3.70. The molecule has 21 heavy (non-hydrogen) atoms. The van der Waals surface area contributed by atoms with Gasteiger partial charge in [-0.1, -0.05) is 36.4 Å². The average Bonchev–Trinajstić information content (AvgIpc) is 3.00. The van der Waals surface area contributed by atoms with Gasteiger partial charge >= 0.3 is 0 Å². The first-order valence-corrected chi connectivity index (χ1v) is 7.10. The highest BCUT2D eigenvalue weighted by molar-refractivity contribution is 5.45. The average molecular weight is 285 g/mol. The molecule has 0 radical (unpaired) electrons. The van der Waals surface area contributed by atoms with Crippen molar-refractivity contribution in [3.05, 3.63) is 59.7 Å². The molecule has 1 aliphatic heterocycles. The fourth-order valence-electron chi connectivity index (χ4n) is 2.39. The van der Waals surface area contributed by atoms with Gasteiger partial charge in [0.25, 0.3) is 0 Å². The van der Waals surface area contributed by atoms with Crippen LogP contribution in [0, 0.1) is 0 Å². The maximum atomic E-state index is 10.3. The minimum absolute atomic E-state index is 0.190. The van der Waals surface area contributed by atoms with Gasteiger partial charge in [-0.25, -0.2) is 0 Å². The molecule has 1 aliphatic rings. The van der Waals surface area contributed by atoms with Gasteiger partial charge in [0.2, 0.25) is 6.79 Å². The molecule has 0 bridgehead atoms. The Kier molecular flexibility index (Phi) is 4.08. The lowest BCUT2D eigenvalue weighted by molar-refractivity contribution is 0.168. The van der Waals surface area contributed by atoms with Gasteiger partial charge in [0.15, 0.2) is 11.5 Å². The Morgan fingerprint density at radius 1 is 1.05 bits per heavy atom. The summed E-state index contributed by atoms with van der Waals surface area (Å²) in [6, 6.07) is 15.9. The molecule has 0 saturated heterocycles. The van der Waals surface area contributed by atoms with Crippen molar-refractivity contribution in [2.75, 3.05) is 13.3 Å². The van der Waals surface area contributed by atoms with E-state index in [-0.39, 0.29) is 12.8 Å². The van der Waals surface area contributed by atoms with Crippen LogP contribution in [0.4, 0.5) is 0 Å². The van der Waals surface area contributed by atoms with Crippen LogP contribution in [0.25, 0.3) is 0 Å². The summed E-state index contributed by atoms with van der Waals surface area (Å²) in [5.41, 5.74) is 2.03. The van der Waals surface area contributed by atoms with Crippen LogP contribution in [0.1, 0.15) is 30.2 Å². The largest absolute Gasteiger partial charge is 0.454 e. The van der Waals surface area contributed by atoms with E-state index in [1.165, 1.54) is 5.56 Å². The van der Waals surface area contributed by atoms with Gasteiger partial charge in [-0.15, -0.1) is 0 Å². The smallest absolute Gasteiger partial charge is 0.231 e. The number of hydrogen-bond donors (Lipinski definition) is 2. The molecule has 0 aromatic heterocycles. The second-order valence-corrected chi connectivity index (χ2v) is 5.17. The number of hydrogen-bond acceptors (Lipinski definition) is 4. The highest BCUT2D eigenvalue weighted by Crippen LogP contribution is 2.34. The van der Waals surface area contributed by atoms with E-state index in [0.717, 1.165) is 11.3 Å². The first kappa shape index (κ1) is 13.9. The Morgan fingerprint density at radius 2 is 1.81 bits per heavy atom. The third kappa shape index (κ3) is 3.17. The normalized spacial score (nSPS) is 15.7. The SMILES string of the molecule is CC(NCC(O)c1ccc2c(c1)OCO2)c1ccccc1. The molecule has 0 fully saturated rings. The van der Waals surface area contributed by atoms with Crippen LogP contribution in [0.2, 0.25) is 0 Å². The second kappa shape index (κ2) is 6.16. The van der Waals surface area contributed by atoms with Crippen molar-refractivity contribution in [3.8, 4) is 11.5 Å². The number of nitrogens with one attached hydrogen (secondary N) is 1. The molecule has 0 saturated carbocycles. The molecule has 0 amide bonds. The summed E-state index contributed by atoms with van der Waals surface area (Å²) in [7, 11) is 0. The Bertz CT molecular complexity index is 600. The summed E-state index contributed by atoms with van der Waals surface area (Å²) in [5.74, 6) is 1.43. The summed E-state index contributed by atoms with van der Waals surface area (Å²) in [6.45, 7) is 2.82. The van der Waals surface area contributed by atoms with Gasteiger partial charge in [-0.05, 0) is 30.2 Å². The van der Waals surface area contributed by atoms with E-state index in [1.807, 2.05) is 36.4 Å².